The predicted octanol–water partition coefficient (Wildman–Crippen LogP) is 5.82. The molecule has 1 heterocycles. The number of ether oxygens (including phenoxy) is 1. The largest absolute Gasteiger partial charge is 0.492 e. The van der Waals surface area contributed by atoms with Gasteiger partial charge in [0.25, 0.3) is 0 Å². The number of halogens is 3. The minimum atomic E-state index is 0. The average molecular weight is 446 g/mol. The monoisotopic (exact) mass is 444 g/mol. The molecule has 0 bridgehead atoms. The summed E-state index contributed by atoms with van der Waals surface area (Å²) in [5.74, 6) is 1.52. The van der Waals surface area contributed by atoms with Gasteiger partial charge in [0.05, 0.1) is 0 Å². The average Bonchev–Trinajstić information content (AvgIpc) is 2.63. The predicted molar refractivity (Wildman–Crippen MR) is 125 cm³/mol. The third-order valence-corrected chi connectivity index (χ3v) is 5.27. The number of nitrogens with zero attached hydrogens (tertiary/aromatic N) is 2. The lowest BCUT2D eigenvalue weighted by Crippen LogP contribution is -2.47. The molecule has 1 fully saturated rings. The first-order valence-electron chi connectivity index (χ1n) is 9.49. The van der Waals surface area contributed by atoms with Gasteiger partial charge in [-0.2, -0.15) is 0 Å². The Bertz CT molecular complexity index is 714. The Labute approximate surface area is 186 Å². The molecule has 0 spiro atoms. The second-order valence-electron chi connectivity index (χ2n) is 7.35. The summed E-state index contributed by atoms with van der Waals surface area (Å²) in [4.78, 5) is 4.91. The molecule has 0 saturated carbocycles. The third-order valence-electron chi connectivity index (χ3n) is 5.02. The van der Waals surface area contributed by atoms with Crippen molar-refractivity contribution in [3.8, 4) is 5.75 Å². The maximum Gasteiger partial charge on any atom is 0.123 e. The minimum absolute atomic E-state index is 0. The van der Waals surface area contributed by atoms with Crippen molar-refractivity contribution in [2.45, 2.75) is 26.7 Å². The van der Waals surface area contributed by atoms with E-state index in [1.165, 1.54) is 16.8 Å². The van der Waals surface area contributed by atoms with Gasteiger partial charge in [-0.1, -0.05) is 37.6 Å². The van der Waals surface area contributed by atoms with E-state index < -0.39 is 0 Å². The van der Waals surface area contributed by atoms with Crippen LogP contribution < -0.4 is 9.64 Å². The summed E-state index contributed by atoms with van der Waals surface area (Å²) in [6.07, 6.45) is 0. The molecule has 0 atom stereocenters. The van der Waals surface area contributed by atoms with Crippen molar-refractivity contribution in [3.63, 3.8) is 0 Å². The standard InChI is InChI=1S/C22H29ClN2O.2ClH/c1-17(2)21-9-4-18(3)16-22(21)26-15-14-24-10-12-25(13-11-24)20-7-5-19(23)6-8-20;;/h4-9,16-17H,10-15H2,1-3H3;2*1H. The number of hydrogen-bond donors (Lipinski definition) is 0. The molecule has 1 aliphatic heterocycles. The molecule has 28 heavy (non-hydrogen) atoms. The van der Waals surface area contributed by atoms with Crippen LogP contribution in [0.1, 0.15) is 30.9 Å². The second-order valence-corrected chi connectivity index (χ2v) is 7.79. The van der Waals surface area contributed by atoms with Crippen molar-refractivity contribution >= 4 is 42.1 Å². The van der Waals surface area contributed by atoms with Crippen molar-refractivity contribution in [2.24, 2.45) is 0 Å². The van der Waals surface area contributed by atoms with E-state index in [9.17, 15) is 0 Å². The fourth-order valence-corrected chi connectivity index (χ4v) is 3.54. The van der Waals surface area contributed by atoms with Crippen LogP contribution in [-0.4, -0.2) is 44.2 Å². The van der Waals surface area contributed by atoms with Crippen LogP contribution in [0, 0.1) is 6.92 Å². The molecular formula is C22H31Cl3N2O. The number of piperazine rings is 1. The molecule has 0 aromatic heterocycles. The smallest absolute Gasteiger partial charge is 0.123 e. The lowest BCUT2D eigenvalue weighted by Gasteiger charge is -2.36. The summed E-state index contributed by atoms with van der Waals surface area (Å²) >= 11 is 5.98. The van der Waals surface area contributed by atoms with Gasteiger partial charge < -0.3 is 9.64 Å². The maximum absolute atomic E-state index is 6.14. The van der Waals surface area contributed by atoms with Gasteiger partial charge >= 0.3 is 0 Å². The summed E-state index contributed by atoms with van der Waals surface area (Å²) in [7, 11) is 0. The first-order chi connectivity index (χ1) is 12.5. The van der Waals surface area contributed by atoms with Gasteiger partial charge in [-0.3, -0.25) is 4.90 Å². The molecule has 156 valence electrons. The Morgan fingerprint density at radius 3 is 2.21 bits per heavy atom. The molecule has 3 nitrogen and oxygen atoms in total. The highest BCUT2D eigenvalue weighted by Crippen LogP contribution is 2.27. The second kappa shape index (κ2) is 11.8. The third kappa shape index (κ3) is 6.73. The first-order valence-corrected chi connectivity index (χ1v) is 9.87. The number of aryl methyl sites for hydroxylation is 1. The van der Waals surface area contributed by atoms with Crippen molar-refractivity contribution in [2.75, 3.05) is 44.2 Å². The van der Waals surface area contributed by atoms with Crippen LogP contribution in [0.4, 0.5) is 5.69 Å². The minimum Gasteiger partial charge on any atom is -0.492 e. The molecule has 0 amide bonds. The quantitative estimate of drug-likeness (QED) is 0.557. The summed E-state index contributed by atoms with van der Waals surface area (Å²) in [6, 6.07) is 14.7. The Balaban J connectivity index is 0.00000196. The summed E-state index contributed by atoms with van der Waals surface area (Å²) < 4.78 is 6.14. The van der Waals surface area contributed by atoms with Crippen LogP contribution in [0.25, 0.3) is 0 Å². The maximum atomic E-state index is 6.14. The fourth-order valence-electron chi connectivity index (χ4n) is 3.41. The van der Waals surface area contributed by atoms with Gasteiger partial charge in [0, 0.05) is 43.4 Å². The number of anilines is 1. The van der Waals surface area contributed by atoms with Gasteiger partial charge in [-0.05, 0) is 54.3 Å². The highest BCUT2D eigenvalue weighted by Gasteiger charge is 2.17. The molecule has 2 aromatic rings. The molecule has 0 unspecified atom stereocenters. The van der Waals surface area contributed by atoms with Crippen LogP contribution in [-0.2, 0) is 0 Å². The van der Waals surface area contributed by atoms with E-state index in [-0.39, 0.29) is 24.8 Å². The Hall–Kier alpha value is -1.13. The Kier molecular flexibility index (Phi) is 10.5. The summed E-state index contributed by atoms with van der Waals surface area (Å²) in [5, 5.41) is 0.793. The Morgan fingerprint density at radius 1 is 0.964 bits per heavy atom. The zero-order chi connectivity index (χ0) is 18.5. The zero-order valence-electron chi connectivity index (χ0n) is 16.9. The van der Waals surface area contributed by atoms with Crippen LogP contribution in [0.5, 0.6) is 5.75 Å². The van der Waals surface area contributed by atoms with E-state index in [2.05, 4.69) is 60.9 Å². The molecule has 1 aliphatic rings. The molecule has 0 radical (unpaired) electrons. The molecule has 0 aliphatic carbocycles. The zero-order valence-corrected chi connectivity index (χ0v) is 19.2. The highest BCUT2D eigenvalue weighted by molar-refractivity contribution is 6.30. The van der Waals surface area contributed by atoms with Gasteiger partial charge in [-0.25, -0.2) is 0 Å². The van der Waals surface area contributed by atoms with Gasteiger partial charge in [-0.15, -0.1) is 24.8 Å². The first kappa shape index (κ1) is 24.9. The normalized spacial score (nSPS) is 14.4. The molecule has 6 heteroatoms. The van der Waals surface area contributed by atoms with Gasteiger partial charge in [0.1, 0.15) is 12.4 Å². The lowest BCUT2D eigenvalue weighted by molar-refractivity contribution is 0.199. The molecular weight excluding hydrogens is 415 g/mol. The molecule has 1 saturated heterocycles. The van der Waals surface area contributed by atoms with Gasteiger partial charge in [0.15, 0.2) is 0 Å². The van der Waals surface area contributed by atoms with E-state index >= 15 is 0 Å². The van der Waals surface area contributed by atoms with E-state index in [1.54, 1.807) is 0 Å². The number of hydrogen-bond acceptors (Lipinski definition) is 3. The lowest BCUT2D eigenvalue weighted by atomic mass is 10.0. The molecule has 0 N–H and O–H groups in total. The van der Waals surface area contributed by atoms with Crippen molar-refractivity contribution in [3.05, 3.63) is 58.6 Å². The highest BCUT2D eigenvalue weighted by atomic mass is 35.5. The van der Waals surface area contributed by atoms with Crippen molar-refractivity contribution in [1.29, 1.82) is 0 Å². The fraction of sp³-hybridized carbons (Fsp3) is 0.455. The molecule has 2 aromatic carbocycles. The van der Waals surface area contributed by atoms with E-state index in [1.807, 2.05) is 12.1 Å². The van der Waals surface area contributed by atoms with Gasteiger partial charge in [0.2, 0.25) is 0 Å². The van der Waals surface area contributed by atoms with Crippen LogP contribution in [0.2, 0.25) is 5.02 Å². The van der Waals surface area contributed by atoms with E-state index in [0.29, 0.717) is 5.92 Å². The summed E-state index contributed by atoms with van der Waals surface area (Å²) in [6.45, 7) is 12.5. The number of rotatable bonds is 6. The van der Waals surface area contributed by atoms with Crippen LogP contribution in [0.15, 0.2) is 42.5 Å². The SMILES string of the molecule is Cc1ccc(C(C)C)c(OCCN2CCN(c3ccc(Cl)cc3)CC2)c1.Cl.Cl. The summed E-state index contributed by atoms with van der Waals surface area (Å²) in [5.41, 5.74) is 3.80. The van der Waals surface area contributed by atoms with Crippen molar-refractivity contribution < 1.29 is 4.74 Å². The van der Waals surface area contributed by atoms with Crippen LogP contribution in [0.3, 0.4) is 0 Å². The van der Waals surface area contributed by atoms with Crippen LogP contribution >= 0.6 is 36.4 Å². The number of benzene rings is 2. The van der Waals surface area contributed by atoms with E-state index in [4.69, 9.17) is 16.3 Å². The molecule has 3 rings (SSSR count). The topological polar surface area (TPSA) is 15.7 Å². The van der Waals surface area contributed by atoms with Crippen molar-refractivity contribution in [1.82, 2.24) is 4.90 Å². The van der Waals surface area contributed by atoms with E-state index in [0.717, 1.165) is 50.1 Å². The Morgan fingerprint density at radius 2 is 1.61 bits per heavy atom.